The number of fused-ring (bicyclic) bond motifs is 3. The van der Waals surface area contributed by atoms with E-state index in [9.17, 15) is 54.6 Å². The number of phenolic OH excluding ortho intramolecular Hbond substituents is 2. The van der Waals surface area contributed by atoms with E-state index in [2.05, 4.69) is 5.32 Å². The summed E-state index contributed by atoms with van der Waals surface area (Å²) < 4.78 is 5.80. The summed E-state index contributed by atoms with van der Waals surface area (Å²) in [5.41, 5.74) is -0.0498. The number of carbonyl (C=O) groups is 5. The lowest BCUT2D eigenvalue weighted by molar-refractivity contribution is -0.169. The van der Waals surface area contributed by atoms with Crippen LogP contribution in [0.2, 0.25) is 0 Å². The van der Waals surface area contributed by atoms with E-state index in [0.29, 0.717) is 5.56 Å². The highest BCUT2D eigenvalue weighted by molar-refractivity contribution is 6.24. The zero-order chi connectivity index (χ0) is 33.3. The molecular formula is C30H29N3O12. The number of likely N-dealkylation sites (N-methyl/N-ethyl adjacent to an activating group) is 1. The van der Waals surface area contributed by atoms with E-state index in [0.717, 1.165) is 18.2 Å². The monoisotopic (exact) mass is 623 g/mol. The molecule has 0 aliphatic heterocycles. The van der Waals surface area contributed by atoms with E-state index < -0.39 is 105 Å². The van der Waals surface area contributed by atoms with Crippen LogP contribution in [-0.4, -0.2) is 96.9 Å². The first kappa shape index (κ1) is 31.0. The molecule has 6 unspecified atom stereocenters. The summed E-state index contributed by atoms with van der Waals surface area (Å²) >= 11 is 0. The summed E-state index contributed by atoms with van der Waals surface area (Å²) in [5, 5.41) is 66.8. The third-order valence-corrected chi connectivity index (χ3v) is 8.68. The standard InChI is InChI=1S/C30H29N3O12/c1-10-12-5-4-6-15(35)17(12)22(36)18-16(10)24(45-29(43)32-14-8-7-11(34)9-13(14)28(41)42)20-21(33(2)3)23(37)19(27(31)40)26(39)30(20,44)25(18)38/h4-10,16,20-21,24,34-36,39,44H,1-3H3,(H2,31,40)(H,32,43)(H,41,42). The summed E-state index contributed by atoms with van der Waals surface area (Å²) in [6.45, 7) is 1.59. The fourth-order valence-electron chi connectivity index (χ4n) is 6.77. The number of aromatic carboxylic acids is 1. The first-order valence-corrected chi connectivity index (χ1v) is 13.5. The number of nitrogens with one attached hydrogen (secondary N) is 1. The topological polar surface area (TPSA) is 257 Å². The van der Waals surface area contributed by atoms with Gasteiger partial charge in [0, 0.05) is 11.5 Å². The molecule has 45 heavy (non-hydrogen) atoms. The molecule has 1 fully saturated rings. The van der Waals surface area contributed by atoms with Gasteiger partial charge in [0.05, 0.1) is 28.8 Å². The van der Waals surface area contributed by atoms with Gasteiger partial charge in [-0.3, -0.25) is 24.6 Å². The average Bonchev–Trinajstić information content (AvgIpc) is 2.95. The van der Waals surface area contributed by atoms with Crippen LogP contribution in [0, 0.1) is 11.8 Å². The number of rotatable bonds is 5. The number of carbonyl (C=O) groups excluding carboxylic acids is 4. The van der Waals surface area contributed by atoms with Crippen molar-refractivity contribution in [1.82, 2.24) is 4.90 Å². The number of carboxylic acids is 1. The Morgan fingerprint density at radius 2 is 1.71 bits per heavy atom. The molecular weight excluding hydrogens is 594 g/mol. The molecule has 15 heteroatoms. The predicted octanol–water partition coefficient (Wildman–Crippen LogP) is 1.16. The molecule has 0 saturated heterocycles. The van der Waals surface area contributed by atoms with Crippen molar-refractivity contribution in [2.45, 2.75) is 30.6 Å². The first-order valence-electron chi connectivity index (χ1n) is 13.5. The number of carboxylic acid groups (broad SMARTS) is 1. The summed E-state index contributed by atoms with van der Waals surface area (Å²) in [5.74, 6) is -12.3. The number of anilines is 1. The zero-order valence-electron chi connectivity index (χ0n) is 24.0. The van der Waals surface area contributed by atoms with Gasteiger partial charge in [0.25, 0.3) is 5.91 Å². The minimum absolute atomic E-state index is 0.153. The highest BCUT2D eigenvalue weighted by atomic mass is 16.6. The molecule has 15 nitrogen and oxygen atoms in total. The van der Waals surface area contributed by atoms with Crippen LogP contribution < -0.4 is 11.1 Å². The third-order valence-electron chi connectivity index (χ3n) is 8.68. The van der Waals surface area contributed by atoms with E-state index in [1.54, 1.807) is 13.0 Å². The number of phenols is 2. The van der Waals surface area contributed by atoms with Crippen LogP contribution in [0.5, 0.6) is 11.5 Å². The fourth-order valence-corrected chi connectivity index (χ4v) is 6.77. The van der Waals surface area contributed by atoms with Crippen LogP contribution in [-0.2, 0) is 19.1 Å². The van der Waals surface area contributed by atoms with Crippen molar-refractivity contribution in [1.29, 1.82) is 0 Å². The van der Waals surface area contributed by atoms with Crippen LogP contribution in [0.15, 0.2) is 53.3 Å². The zero-order valence-corrected chi connectivity index (χ0v) is 24.0. The minimum atomic E-state index is -3.15. The number of nitrogens with two attached hydrogens (primary N) is 1. The van der Waals surface area contributed by atoms with Crippen molar-refractivity contribution in [3.8, 4) is 11.5 Å². The van der Waals surface area contributed by atoms with Crippen LogP contribution in [0.1, 0.15) is 34.3 Å². The van der Waals surface area contributed by atoms with Crippen LogP contribution in [0.4, 0.5) is 10.5 Å². The van der Waals surface area contributed by atoms with Gasteiger partial charge in [-0.1, -0.05) is 19.1 Å². The number of primary amides is 1. The highest BCUT2D eigenvalue weighted by Gasteiger charge is 2.69. The summed E-state index contributed by atoms with van der Waals surface area (Å²) in [6.07, 6.45) is -3.06. The molecule has 1 saturated carbocycles. The number of hydrogen-bond donors (Lipinski definition) is 8. The number of aromatic hydroxyl groups is 2. The number of benzene rings is 2. The molecule has 3 aliphatic rings. The minimum Gasteiger partial charge on any atom is -0.508 e. The lowest BCUT2D eigenvalue weighted by Gasteiger charge is -2.54. The number of ether oxygens (including phenoxy) is 1. The molecule has 2 amide bonds. The van der Waals surface area contributed by atoms with Gasteiger partial charge in [-0.2, -0.15) is 0 Å². The smallest absolute Gasteiger partial charge is 0.411 e. The predicted molar refractivity (Wildman–Crippen MR) is 153 cm³/mol. The molecule has 0 radical (unpaired) electrons. The van der Waals surface area contributed by atoms with Gasteiger partial charge in [0.1, 0.15) is 34.7 Å². The summed E-state index contributed by atoms with van der Waals surface area (Å²) in [7, 11) is 2.75. The molecule has 0 bridgehead atoms. The first-order chi connectivity index (χ1) is 21.0. The van der Waals surface area contributed by atoms with Gasteiger partial charge in [0.15, 0.2) is 11.4 Å². The molecule has 2 aromatic rings. The molecule has 3 aliphatic carbocycles. The van der Waals surface area contributed by atoms with E-state index in [4.69, 9.17) is 10.5 Å². The number of Topliss-reactive ketones (excluding diaryl/α,β-unsaturated/α-hetero) is 2. The molecule has 236 valence electrons. The van der Waals surface area contributed by atoms with E-state index in [1.165, 1.54) is 31.1 Å². The maximum absolute atomic E-state index is 14.2. The second-order valence-electron chi connectivity index (χ2n) is 11.3. The van der Waals surface area contributed by atoms with Gasteiger partial charge in [-0.15, -0.1) is 0 Å². The largest absolute Gasteiger partial charge is 0.508 e. The molecule has 0 spiro atoms. The molecule has 6 atom stereocenters. The molecule has 0 heterocycles. The Morgan fingerprint density at radius 3 is 2.31 bits per heavy atom. The number of aliphatic hydroxyl groups is 3. The maximum atomic E-state index is 14.2. The molecule has 9 N–H and O–H groups in total. The Kier molecular flexibility index (Phi) is 7.34. The van der Waals surface area contributed by atoms with Crippen LogP contribution in [0.3, 0.4) is 0 Å². The van der Waals surface area contributed by atoms with Crippen molar-refractivity contribution < 1.29 is 59.3 Å². The number of ketones is 2. The fraction of sp³-hybridized carbons (Fsp3) is 0.300. The maximum Gasteiger partial charge on any atom is 0.411 e. The number of nitrogens with zero attached hydrogens (tertiary/aromatic N) is 1. The molecule has 5 rings (SSSR count). The second kappa shape index (κ2) is 10.6. The SMILES string of the molecule is CC1c2cccc(O)c2C(O)=C2C(=O)C3(O)C(O)=C(C(N)=O)C(=O)C(N(C)C)C3C(OC(=O)Nc3ccc(O)cc3C(=O)O)C21. The van der Waals surface area contributed by atoms with Gasteiger partial charge in [-0.05, 0) is 49.8 Å². The normalized spacial score (nSPS) is 27.4. The molecule has 2 aromatic carbocycles. The quantitative estimate of drug-likeness (QED) is 0.172. The lowest BCUT2D eigenvalue weighted by atomic mass is 9.54. The Balaban J connectivity index is 1.75. The van der Waals surface area contributed by atoms with E-state index >= 15 is 0 Å². The summed E-state index contributed by atoms with van der Waals surface area (Å²) in [6, 6.07) is 5.73. The Morgan fingerprint density at radius 1 is 1.04 bits per heavy atom. The number of amides is 2. The van der Waals surface area contributed by atoms with Crippen molar-refractivity contribution in [3.63, 3.8) is 0 Å². The Bertz CT molecular complexity index is 1760. The Labute approximate surface area is 254 Å². The molecule has 0 aromatic heterocycles. The third kappa shape index (κ3) is 4.46. The number of aliphatic hydroxyl groups excluding tert-OH is 2. The van der Waals surface area contributed by atoms with Crippen LogP contribution >= 0.6 is 0 Å². The summed E-state index contributed by atoms with van der Waals surface area (Å²) in [4.78, 5) is 66.7. The van der Waals surface area contributed by atoms with Gasteiger partial charge in [0.2, 0.25) is 5.78 Å². The van der Waals surface area contributed by atoms with Crippen molar-refractivity contribution >= 4 is 41.0 Å². The van der Waals surface area contributed by atoms with Gasteiger partial charge < -0.3 is 41.1 Å². The van der Waals surface area contributed by atoms with E-state index in [-0.39, 0.29) is 11.3 Å². The highest BCUT2D eigenvalue weighted by Crippen LogP contribution is 2.57. The van der Waals surface area contributed by atoms with Crippen molar-refractivity contribution in [2.24, 2.45) is 17.6 Å². The van der Waals surface area contributed by atoms with Gasteiger partial charge in [-0.25, -0.2) is 9.59 Å². The van der Waals surface area contributed by atoms with Gasteiger partial charge >= 0.3 is 12.1 Å². The lowest BCUT2D eigenvalue weighted by Crippen LogP contribution is -2.71. The second-order valence-corrected chi connectivity index (χ2v) is 11.3. The Hall–Kier alpha value is -5.41. The van der Waals surface area contributed by atoms with E-state index in [1.807, 2.05) is 0 Å². The van der Waals surface area contributed by atoms with Crippen molar-refractivity contribution in [2.75, 3.05) is 19.4 Å². The average molecular weight is 624 g/mol. The van der Waals surface area contributed by atoms with Crippen LogP contribution in [0.25, 0.3) is 5.76 Å². The van der Waals surface area contributed by atoms with Crippen molar-refractivity contribution in [3.05, 3.63) is 70.0 Å². The number of hydrogen-bond acceptors (Lipinski definition) is 12.